The van der Waals surface area contributed by atoms with Gasteiger partial charge in [0.1, 0.15) is 0 Å². The molecule has 8 heteroatoms. The summed E-state index contributed by atoms with van der Waals surface area (Å²) in [6, 6.07) is 11.9. The van der Waals surface area contributed by atoms with Crippen LogP contribution in [0.15, 0.2) is 48.5 Å². The van der Waals surface area contributed by atoms with Crippen molar-refractivity contribution in [3.8, 4) is 0 Å². The second kappa shape index (κ2) is 8.14. The average Bonchev–Trinajstić information content (AvgIpc) is 2.67. The summed E-state index contributed by atoms with van der Waals surface area (Å²) in [5, 5.41) is 2.95. The normalized spacial score (nSPS) is 12.5. The van der Waals surface area contributed by atoms with E-state index >= 15 is 0 Å². The smallest absolute Gasteiger partial charge is 0.418 e. The van der Waals surface area contributed by atoms with E-state index in [0.717, 1.165) is 23.0 Å². The maximum absolute atomic E-state index is 13.1. The molecule has 1 atom stereocenters. The van der Waals surface area contributed by atoms with Crippen LogP contribution in [0.25, 0.3) is 10.9 Å². The van der Waals surface area contributed by atoms with Gasteiger partial charge in [0.25, 0.3) is 5.91 Å². The number of carbonyl (C=O) groups is 2. The van der Waals surface area contributed by atoms with Crippen LogP contribution < -0.4 is 5.32 Å². The molecule has 2 aromatic carbocycles. The van der Waals surface area contributed by atoms with Gasteiger partial charge in [0.15, 0.2) is 6.10 Å². The Morgan fingerprint density at radius 3 is 2.37 bits per heavy atom. The molecular formula is C22H19F3N2O3. The number of fused-ring (bicyclic) bond motifs is 1. The maximum Gasteiger partial charge on any atom is 0.418 e. The van der Waals surface area contributed by atoms with Gasteiger partial charge in [-0.25, -0.2) is 4.79 Å². The molecule has 3 aromatic rings. The number of halogens is 3. The number of esters is 1. The molecule has 0 saturated heterocycles. The monoisotopic (exact) mass is 416 g/mol. The summed E-state index contributed by atoms with van der Waals surface area (Å²) in [7, 11) is 0. The van der Waals surface area contributed by atoms with Crippen molar-refractivity contribution in [1.82, 2.24) is 4.98 Å². The predicted octanol–water partition coefficient (Wildman–Crippen LogP) is 5.05. The van der Waals surface area contributed by atoms with E-state index in [9.17, 15) is 22.8 Å². The number of hydrogen-bond donors (Lipinski definition) is 1. The van der Waals surface area contributed by atoms with Crippen LogP contribution in [0.1, 0.15) is 34.1 Å². The molecule has 0 bridgehead atoms. The predicted molar refractivity (Wildman–Crippen MR) is 106 cm³/mol. The van der Waals surface area contributed by atoms with Gasteiger partial charge < -0.3 is 10.1 Å². The van der Waals surface area contributed by atoms with Crippen molar-refractivity contribution in [1.29, 1.82) is 0 Å². The Balaban J connectivity index is 1.80. The minimum absolute atomic E-state index is 0.226. The summed E-state index contributed by atoms with van der Waals surface area (Å²) in [6.07, 6.45) is -5.95. The lowest BCUT2D eigenvalue weighted by Crippen LogP contribution is -2.31. The van der Waals surface area contributed by atoms with Crippen LogP contribution in [-0.2, 0) is 15.7 Å². The molecule has 156 valence electrons. The second-order valence-corrected chi connectivity index (χ2v) is 6.79. The number of alkyl halides is 3. The van der Waals surface area contributed by atoms with Gasteiger partial charge in [-0.3, -0.25) is 9.78 Å². The Morgan fingerprint density at radius 1 is 1.03 bits per heavy atom. The van der Waals surface area contributed by atoms with Crippen molar-refractivity contribution >= 4 is 28.5 Å². The molecule has 0 aliphatic rings. The van der Waals surface area contributed by atoms with Crippen LogP contribution in [0, 0.1) is 13.8 Å². The van der Waals surface area contributed by atoms with E-state index in [0.29, 0.717) is 11.3 Å². The van der Waals surface area contributed by atoms with Crippen molar-refractivity contribution in [3.63, 3.8) is 0 Å². The SMILES string of the molecule is Cc1nc2ccccc2c(C)c1C(=O)OC(C)C(=O)Nc1ccccc1C(F)(F)F. The number of pyridine rings is 1. The molecule has 0 spiro atoms. The highest BCUT2D eigenvalue weighted by Gasteiger charge is 2.34. The fourth-order valence-electron chi connectivity index (χ4n) is 3.18. The lowest BCUT2D eigenvalue weighted by Gasteiger charge is -2.18. The van der Waals surface area contributed by atoms with E-state index in [1.54, 1.807) is 13.8 Å². The third-order valence-corrected chi connectivity index (χ3v) is 4.68. The quantitative estimate of drug-likeness (QED) is 0.604. The van der Waals surface area contributed by atoms with E-state index < -0.39 is 35.4 Å². The highest BCUT2D eigenvalue weighted by molar-refractivity contribution is 6.01. The largest absolute Gasteiger partial charge is 0.449 e. The van der Waals surface area contributed by atoms with Crippen molar-refractivity contribution in [2.45, 2.75) is 33.1 Å². The summed E-state index contributed by atoms with van der Waals surface area (Å²) in [5.74, 6) is -1.64. The first-order valence-electron chi connectivity index (χ1n) is 9.13. The third-order valence-electron chi connectivity index (χ3n) is 4.68. The molecule has 30 heavy (non-hydrogen) atoms. The minimum atomic E-state index is -4.63. The van der Waals surface area contributed by atoms with E-state index in [4.69, 9.17) is 4.74 Å². The zero-order valence-corrected chi connectivity index (χ0v) is 16.5. The summed E-state index contributed by atoms with van der Waals surface area (Å²) in [5.41, 5.74) is 0.645. The average molecular weight is 416 g/mol. The third kappa shape index (κ3) is 4.27. The van der Waals surface area contributed by atoms with Gasteiger partial charge in [0.05, 0.1) is 28.0 Å². The number of carbonyl (C=O) groups excluding carboxylic acids is 2. The second-order valence-electron chi connectivity index (χ2n) is 6.79. The Labute approximate surface area is 170 Å². The fraction of sp³-hybridized carbons (Fsp3) is 0.227. The van der Waals surface area contributed by atoms with Gasteiger partial charge >= 0.3 is 12.1 Å². The molecule has 0 fully saturated rings. The highest BCUT2D eigenvalue weighted by Crippen LogP contribution is 2.34. The first kappa shape index (κ1) is 21.3. The Morgan fingerprint density at radius 2 is 1.67 bits per heavy atom. The summed E-state index contributed by atoms with van der Waals surface area (Å²) < 4.78 is 44.5. The number of nitrogens with one attached hydrogen (secondary N) is 1. The molecule has 0 saturated carbocycles. The number of benzene rings is 2. The number of rotatable bonds is 4. The summed E-state index contributed by atoms with van der Waals surface area (Å²) >= 11 is 0. The highest BCUT2D eigenvalue weighted by atomic mass is 19.4. The van der Waals surface area contributed by atoms with E-state index in [-0.39, 0.29) is 5.56 Å². The van der Waals surface area contributed by atoms with Crippen LogP contribution in [0.5, 0.6) is 0 Å². The molecule has 3 rings (SSSR count). The maximum atomic E-state index is 13.1. The van der Waals surface area contributed by atoms with Crippen LogP contribution >= 0.6 is 0 Å². The van der Waals surface area contributed by atoms with E-state index in [1.165, 1.54) is 19.1 Å². The van der Waals surface area contributed by atoms with Crippen molar-refractivity contribution in [2.75, 3.05) is 5.32 Å². The number of aromatic nitrogens is 1. The van der Waals surface area contributed by atoms with Gasteiger partial charge in [0, 0.05) is 5.39 Å². The number of nitrogens with zero attached hydrogens (tertiary/aromatic N) is 1. The molecule has 1 heterocycles. The minimum Gasteiger partial charge on any atom is -0.449 e. The Hall–Kier alpha value is -3.42. The molecule has 0 radical (unpaired) electrons. The molecule has 1 amide bonds. The molecule has 1 unspecified atom stereocenters. The van der Waals surface area contributed by atoms with E-state index in [2.05, 4.69) is 10.3 Å². The first-order chi connectivity index (χ1) is 14.1. The zero-order chi connectivity index (χ0) is 22.1. The molecule has 5 nitrogen and oxygen atoms in total. The topological polar surface area (TPSA) is 68.3 Å². The molecule has 0 aliphatic carbocycles. The van der Waals surface area contributed by atoms with Crippen molar-refractivity contribution in [3.05, 3.63) is 70.9 Å². The number of hydrogen-bond acceptors (Lipinski definition) is 4. The number of amides is 1. The Kier molecular flexibility index (Phi) is 5.78. The van der Waals surface area contributed by atoms with Crippen molar-refractivity contribution in [2.24, 2.45) is 0 Å². The standard InChI is InChI=1S/C22H19F3N2O3/c1-12-15-8-4-6-10-17(15)26-13(2)19(12)21(29)30-14(3)20(28)27-18-11-7-5-9-16(18)22(23,24)25/h4-11,14H,1-3H3,(H,27,28). The van der Waals surface area contributed by atoms with Crippen molar-refractivity contribution < 1.29 is 27.5 Å². The fourth-order valence-corrected chi connectivity index (χ4v) is 3.18. The zero-order valence-electron chi connectivity index (χ0n) is 16.5. The summed E-state index contributed by atoms with van der Waals surface area (Å²) in [6.45, 7) is 4.70. The molecule has 1 aromatic heterocycles. The van der Waals surface area contributed by atoms with Crippen LogP contribution in [0.3, 0.4) is 0 Å². The van der Waals surface area contributed by atoms with Crippen LogP contribution in [-0.4, -0.2) is 23.0 Å². The number of aryl methyl sites for hydroxylation is 2. The lowest BCUT2D eigenvalue weighted by molar-refractivity contribution is -0.137. The summed E-state index contributed by atoms with van der Waals surface area (Å²) in [4.78, 5) is 29.5. The molecule has 1 N–H and O–H groups in total. The van der Waals surface area contributed by atoms with Gasteiger partial charge in [-0.05, 0) is 44.5 Å². The van der Waals surface area contributed by atoms with Gasteiger partial charge in [0.2, 0.25) is 0 Å². The van der Waals surface area contributed by atoms with Crippen LogP contribution in [0.4, 0.5) is 18.9 Å². The molecular weight excluding hydrogens is 397 g/mol. The number of ether oxygens (including phenoxy) is 1. The van der Waals surface area contributed by atoms with Gasteiger partial charge in [-0.1, -0.05) is 30.3 Å². The Bertz CT molecular complexity index is 1130. The van der Waals surface area contributed by atoms with Crippen LogP contribution in [0.2, 0.25) is 0 Å². The van der Waals surface area contributed by atoms with Gasteiger partial charge in [-0.15, -0.1) is 0 Å². The van der Waals surface area contributed by atoms with E-state index in [1.807, 2.05) is 24.3 Å². The molecule has 0 aliphatic heterocycles. The first-order valence-corrected chi connectivity index (χ1v) is 9.13. The number of anilines is 1. The number of para-hydroxylation sites is 2. The lowest BCUT2D eigenvalue weighted by atomic mass is 10.0. The van der Waals surface area contributed by atoms with Gasteiger partial charge in [-0.2, -0.15) is 13.2 Å².